The minimum Gasteiger partial charge on any atom is -0.491 e. The summed E-state index contributed by atoms with van der Waals surface area (Å²) >= 11 is 0. The molecule has 29 heavy (non-hydrogen) atoms. The van der Waals surface area contributed by atoms with Gasteiger partial charge in [0, 0.05) is 45.8 Å². The van der Waals surface area contributed by atoms with Crippen molar-refractivity contribution < 1.29 is 23.0 Å². The van der Waals surface area contributed by atoms with Gasteiger partial charge in [0.1, 0.15) is 18.5 Å². The predicted octanol–water partition coefficient (Wildman–Crippen LogP) is 0.110. The lowest BCUT2D eigenvalue weighted by molar-refractivity contribution is 0.0525. The summed E-state index contributed by atoms with van der Waals surface area (Å²) in [6, 6.07) is 6.19. The van der Waals surface area contributed by atoms with Gasteiger partial charge in [-0.3, -0.25) is 4.90 Å². The number of ether oxygens (including phenoxy) is 2. The molecule has 1 aromatic carbocycles. The lowest BCUT2D eigenvalue weighted by Crippen LogP contribution is -2.55. The first-order valence-corrected chi connectivity index (χ1v) is 11.9. The van der Waals surface area contributed by atoms with Crippen LogP contribution in [0.2, 0.25) is 0 Å². The largest absolute Gasteiger partial charge is 0.491 e. The first-order chi connectivity index (χ1) is 14.0. The van der Waals surface area contributed by atoms with Gasteiger partial charge < -0.3 is 14.6 Å². The molecule has 1 N–H and O–H groups in total. The maximum atomic E-state index is 12.7. The molecule has 2 saturated heterocycles. The second-order valence-corrected chi connectivity index (χ2v) is 9.90. The number of nitrogens with zero attached hydrogens (tertiary/aromatic N) is 3. The quantitative estimate of drug-likeness (QED) is 0.668. The number of aliphatic hydroxyl groups is 1. The maximum absolute atomic E-state index is 12.7. The van der Waals surface area contributed by atoms with E-state index in [-0.39, 0.29) is 6.61 Å². The van der Waals surface area contributed by atoms with E-state index in [9.17, 15) is 13.5 Å². The molecular weight excluding hydrogens is 394 g/mol. The molecule has 0 amide bonds. The lowest BCUT2D eigenvalue weighted by Gasteiger charge is -2.38. The molecular formula is C20H31N3O5S. The first-order valence-electron chi connectivity index (χ1n) is 10.5. The summed E-state index contributed by atoms with van der Waals surface area (Å²) in [6.45, 7) is 4.57. The predicted molar refractivity (Wildman–Crippen MR) is 109 cm³/mol. The molecule has 0 radical (unpaired) electrons. The molecule has 1 aromatic rings. The summed E-state index contributed by atoms with van der Waals surface area (Å²) in [5, 5.41) is 10.4. The van der Waals surface area contributed by atoms with Crippen LogP contribution in [0.5, 0.6) is 5.75 Å². The number of hydrogen-bond acceptors (Lipinski definition) is 6. The zero-order valence-corrected chi connectivity index (χ0v) is 17.6. The van der Waals surface area contributed by atoms with E-state index in [1.54, 1.807) is 4.31 Å². The minimum absolute atomic E-state index is 0.241. The molecule has 1 aliphatic carbocycles. The van der Waals surface area contributed by atoms with Crippen LogP contribution < -0.4 is 4.74 Å². The Balaban J connectivity index is 1.21. The second kappa shape index (κ2) is 9.28. The van der Waals surface area contributed by atoms with Gasteiger partial charge in [-0.15, -0.1) is 0 Å². The average Bonchev–Trinajstić information content (AvgIpc) is 3.21. The van der Waals surface area contributed by atoms with Crippen LogP contribution in [-0.2, 0) is 27.8 Å². The highest BCUT2D eigenvalue weighted by Crippen LogP contribution is 2.26. The summed E-state index contributed by atoms with van der Waals surface area (Å²) < 4.78 is 39.5. The zero-order valence-electron chi connectivity index (χ0n) is 16.8. The van der Waals surface area contributed by atoms with Gasteiger partial charge in [0.2, 0.25) is 0 Å². The van der Waals surface area contributed by atoms with Crippen molar-refractivity contribution >= 4 is 10.2 Å². The van der Waals surface area contributed by atoms with E-state index in [2.05, 4.69) is 17.0 Å². The number of hydrogen-bond donors (Lipinski definition) is 1. The summed E-state index contributed by atoms with van der Waals surface area (Å²) in [5.41, 5.74) is 2.76. The van der Waals surface area contributed by atoms with Gasteiger partial charge in [-0.2, -0.15) is 17.0 Å². The van der Waals surface area contributed by atoms with Crippen LogP contribution in [0.4, 0.5) is 0 Å². The van der Waals surface area contributed by atoms with Gasteiger partial charge in [0.05, 0.1) is 13.2 Å². The van der Waals surface area contributed by atoms with Crippen molar-refractivity contribution in [1.82, 2.24) is 13.5 Å². The van der Waals surface area contributed by atoms with E-state index in [1.807, 2.05) is 6.07 Å². The van der Waals surface area contributed by atoms with Crippen LogP contribution in [0.25, 0.3) is 0 Å². The highest BCUT2D eigenvalue weighted by atomic mass is 32.2. The van der Waals surface area contributed by atoms with E-state index in [0.717, 1.165) is 18.6 Å². The third-order valence-corrected chi connectivity index (χ3v) is 7.97. The van der Waals surface area contributed by atoms with Crippen molar-refractivity contribution in [3.63, 3.8) is 0 Å². The van der Waals surface area contributed by atoms with Gasteiger partial charge in [0.15, 0.2) is 0 Å². The molecule has 3 aliphatic rings. The summed E-state index contributed by atoms with van der Waals surface area (Å²) in [6.07, 6.45) is 2.85. The number of morpholine rings is 1. The van der Waals surface area contributed by atoms with Crippen LogP contribution in [0.3, 0.4) is 0 Å². The smallest absolute Gasteiger partial charge is 0.282 e. The van der Waals surface area contributed by atoms with Crippen LogP contribution in [0.15, 0.2) is 18.2 Å². The molecule has 2 heterocycles. The number of fused-ring (bicyclic) bond motifs is 1. The van der Waals surface area contributed by atoms with Crippen molar-refractivity contribution in [3.05, 3.63) is 29.3 Å². The molecule has 9 heteroatoms. The third kappa shape index (κ3) is 5.10. The van der Waals surface area contributed by atoms with Gasteiger partial charge in [-0.1, -0.05) is 6.07 Å². The highest BCUT2D eigenvalue weighted by Gasteiger charge is 2.33. The van der Waals surface area contributed by atoms with Gasteiger partial charge in [0.25, 0.3) is 10.2 Å². The normalized spacial score (nSPS) is 23.1. The molecule has 162 valence electrons. The number of aryl methyl sites for hydroxylation is 2. The Morgan fingerprint density at radius 2 is 1.69 bits per heavy atom. The van der Waals surface area contributed by atoms with Crippen molar-refractivity contribution in [1.29, 1.82) is 0 Å². The maximum Gasteiger partial charge on any atom is 0.282 e. The van der Waals surface area contributed by atoms with Crippen LogP contribution in [0, 0.1) is 0 Å². The Hall–Kier alpha value is -1.23. The van der Waals surface area contributed by atoms with Gasteiger partial charge >= 0.3 is 0 Å². The second-order valence-electron chi connectivity index (χ2n) is 7.97. The van der Waals surface area contributed by atoms with E-state index in [4.69, 9.17) is 9.47 Å². The Bertz CT molecular complexity index is 789. The van der Waals surface area contributed by atoms with Gasteiger partial charge in [-0.25, -0.2) is 0 Å². The van der Waals surface area contributed by atoms with E-state index < -0.39 is 16.3 Å². The van der Waals surface area contributed by atoms with Crippen LogP contribution in [-0.4, -0.2) is 98.8 Å². The molecule has 0 aromatic heterocycles. The minimum atomic E-state index is -3.42. The van der Waals surface area contributed by atoms with Crippen molar-refractivity contribution in [2.45, 2.75) is 25.4 Å². The molecule has 0 spiro atoms. The van der Waals surface area contributed by atoms with Crippen molar-refractivity contribution in [2.24, 2.45) is 0 Å². The van der Waals surface area contributed by atoms with E-state index >= 15 is 0 Å². The zero-order chi connectivity index (χ0) is 20.3. The molecule has 8 nitrogen and oxygen atoms in total. The fraction of sp³-hybridized carbons (Fsp3) is 0.700. The van der Waals surface area contributed by atoms with Crippen LogP contribution in [0.1, 0.15) is 17.5 Å². The van der Waals surface area contributed by atoms with Crippen molar-refractivity contribution in [2.75, 3.05) is 65.6 Å². The number of piperazine rings is 1. The van der Waals surface area contributed by atoms with E-state index in [1.165, 1.54) is 21.9 Å². The molecule has 2 aliphatic heterocycles. The topological polar surface area (TPSA) is 82.6 Å². The van der Waals surface area contributed by atoms with Crippen LogP contribution >= 0.6 is 0 Å². The Labute approximate surface area is 173 Å². The van der Waals surface area contributed by atoms with Gasteiger partial charge in [-0.05, 0) is 42.5 Å². The summed E-state index contributed by atoms with van der Waals surface area (Å²) in [7, 11) is -3.42. The Morgan fingerprint density at radius 1 is 1.00 bits per heavy atom. The monoisotopic (exact) mass is 425 g/mol. The molecule has 0 unspecified atom stereocenters. The standard InChI is InChI=1S/C20H31N3O5S/c24-19(16-28-20-5-4-17-2-1-3-18(17)14-20)15-21-6-8-22(9-7-21)29(25,26)23-10-12-27-13-11-23/h4-5,14,19,24H,1-3,6-13,15-16H2/t19-/m1/s1. The SMILES string of the molecule is O=S(=O)(N1CCOCC1)N1CCN(C[C@@H](O)COc2ccc3c(c2)CCC3)CC1. The Morgan fingerprint density at radius 3 is 2.45 bits per heavy atom. The van der Waals surface area contributed by atoms with E-state index in [0.29, 0.717) is 59.0 Å². The lowest BCUT2D eigenvalue weighted by atomic mass is 10.1. The first kappa shape index (κ1) is 21.0. The number of rotatable bonds is 7. The number of β-amino-alcohol motifs (C(OH)–C–C–N with tert-alkyl or cyclic N) is 1. The third-order valence-electron chi connectivity index (χ3n) is 5.94. The fourth-order valence-corrected chi connectivity index (χ4v) is 5.83. The molecule has 4 rings (SSSR count). The highest BCUT2D eigenvalue weighted by molar-refractivity contribution is 7.86. The molecule has 2 fully saturated rings. The molecule has 0 bridgehead atoms. The fourth-order valence-electron chi connectivity index (χ4n) is 4.26. The van der Waals surface area contributed by atoms with Crippen molar-refractivity contribution in [3.8, 4) is 5.75 Å². The molecule has 1 atom stereocenters. The number of aliphatic hydroxyl groups excluding tert-OH is 1. The summed E-state index contributed by atoms with van der Waals surface area (Å²) in [5.74, 6) is 0.811. The summed E-state index contributed by atoms with van der Waals surface area (Å²) in [4.78, 5) is 2.10. The average molecular weight is 426 g/mol. The Kier molecular flexibility index (Phi) is 6.73. The number of benzene rings is 1. The molecule has 0 saturated carbocycles.